The Bertz CT molecular complexity index is 428. The van der Waals surface area contributed by atoms with Gasteiger partial charge in [0.25, 0.3) is 0 Å². The number of nitrogens with one attached hydrogen (secondary N) is 1. The number of halogens is 2. The maximum atomic E-state index is 8.46. The lowest BCUT2D eigenvalue weighted by atomic mass is 10.3. The van der Waals surface area contributed by atoms with Crippen LogP contribution in [0.1, 0.15) is 0 Å². The van der Waals surface area contributed by atoms with Crippen LogP contribution in [0, 0.1) is 15.0 Å². The molecule has 1 aromatic rings. The van der Waals surface area contributed by atoms with E-state index < -0.39 is 0 Å². The van der Waals surface area contributed by atoms with Gasteiger partial charge in [0.2, 0.25) is 0 Å². The minimum atomic E-state index is 0.551. The molecule has 15 heavy (non-hydrogen) atoms. The van der Waals surface area contributed by atoms with Crippen LogP contribution in [0.4, 0.5) is 5.69 Å². The second-order valence-electron chi connectivity index (χ2n) is 2.46. The number of amidine groups is 1. The molecule has 0 unspecified atom stereocenters. The molecule has 6 heteroatoms. The van der Waals surface area contributed by atoms with Gasteiger partial charge in [-0.1, -0.05) is 23.4 Å². The van der Waals surface area contributed by atoms with Crippen LogP contribution in [-0.4, -0.2) is 11.4 Å². The Morgan fingerprint density at radius 2 is 2.40 bits per heavy atom. The molecular formula is C9H7ClIN3S. The average molecular weight is 352 g/mol. The summed E-state index contributed by atoms with van der Waals surface area (Å²) in [5.41, 5.74) is 0.729. The molecule has 0 heterocycles. The fourth-order valence-corrected chi connectivity index (χ4v) is 1.70. The van der Waals surface area contributed by atoms with E-state index in [1.54, 1.807) is 6.07 Å². The lowest BCUT2D eigenvalue weighted by molar-refractivity contribution is 1.28. The molecule has 1 rings (SSSR count). The van der Waals surface area contributed by atoms with Crippen molar-refractivity contribution in [3.05, 3.63) is 26.8 Å². The van der Waals surface area contributed by atoms with Gasteiger partial charge < -0.3 is 0 Å². The first kappa shape index (κ1) is 12.6. The molecule has 3 nitrogen and oxygen atoms in total. The van der Waals surface area contributed by atoms with Crippen LogP contribution < -0.4 is 5.32 Å². The zero-order valence-electron chi connectivity index (χ0n) is 7.79. The highest BCUT2D eigenvalue weighted by molar-refractivity contribution is 14.1. The number of rotatable bonds is 1. The largest absolute Gasteiger partial charge is 0.271 e. The molecule has 0 amide bonds. The Labute approximate surface area is 111 Å². The molecule has 0 fully saturated rings. The molecular weight excluding hydrogens is 345 g/mol. The summed E-state index contributed by atoms with van der Waals surface area (Å²) >= 11 is 9.47. The normalized spacial score (nSPS) is 10.9. The zero-order chi connectivity index (χ0) is 11.3. The number of hydrogen-bond acceptors (Lipinski definition) is 3. The van der Waals surface area contributed by atoms with Crippen LogP contribution in [0.2, 0.25) is 5.02 Å². The smallest absolute Gasteiger partial charge is 0.183 e. The maximum absolute atomic E-state index is 8.46. The van der Waals surface area contributed by atoms with Gasteiger partial charge in [-0.25, -0.2) is 4.99 Å². The second-order valence-corrected chi connectivity index (χ2v) is 4.82. The third-order valence-electron chi connectivity index (χ3n) is 1.49. The van der Waals surface area contributed by atoms with Crippen molar-refractivity contribution < 1.29 is 0 Å². The molecule has 0 atom stereocenters. The summed E-state index contributed by atoms with van der Waals surface area (Å²) in [7, 11) is 0. The molecule has 0 saturated carbocycles. The summed E-state index contributed by atoms with van der Waals surface area (Å²) < 4.78 is 0.979. The molecule has 1 N–H and O–H groups in total. The van der Waals surface area contributed by atoms with Crippen LogP contribution in [-0.2, 0) is 0 Å². The summed E-state index contributed by atoms with van der Waals surface area (Å²) in [6.07, 6.45) is 3.67. The molecule has 1 aromatic carbocycles. The highest BCUT2D eigenvalue weighted by Gasteiger charge is 2.00. The fourth-order valence-electron chi connectivity index (χ4n) is 0.844. The Morgan fingerprint density at radius 1 is 1.67 bits per heavy atom. The standard InChI is InChI=1S/C9H7ClIN3S/c1-15-9(13-5-12)14-6-2-3-8(11)7(10)4-6/h2-4H,1H3,(H,13,14). The van der Waals surface area contributed by atoms with Gasteiger partial charge in [0.1, 0.15) is 0 Å². The van der Waals surface area contributed by atoms with Crippen LogP contribution >= 0.6 is 46.0 Å². The van der Waals surface area contributed by atoms with Crippen molar-refractivity contribution in [2.24, 2.45) is 4.99 Å². The average Bonchev–Trinajstić information content (AvgIpc) is 2.23. The van der Waals surface area contributed by atoms with Gasteiger partial charge in [-0.05, 0) is 47.0 Å². The van der Waals surface area contributed by atoms with E-state index in [2.05, 4.69) is 32.9 Å². The van der Waals surface area contributed by atoms with Crippen molar-refractivity contribution in [1.29, 1.82) is 5.26 Å². The van der Waals surface area contributed by atoms with Gasteiger partial charge in [0, 0.05) is 3.57 Å². The van der Waals surface area contributed by atoms with E-state index in [0.29, 0.717) is 10.2 Å². The van der Waals surface area contributed by atoms with Crippen LogP contribution in [0.15, 0.2) is 23.2 Å². The number of nitrogens with zero attached hydrogens (tertiary/aromatic N) is 2. The van der Waals surface area contributed by atoms with E-state index in [-0.39, 0.29) is 0 Å². The third-order valence-corrected chi connectivity index (χ3v) is 3.64. The topological polar surface area (TPSA) is 48.2 Å². The SMILES string of the molecule is CSC(=Nc1ccc(I)c(Cl)c1)NC#N. The summed E-state index contributed by atoms with van der Waals surface area (Å²) in [6, 6.07) is 5.49. The first-order chi connectivity index (χ1) is 7.17. The number of nitriles is 1. The van der Waals surface area contributed by atoms with Crippen molar-refractivity contribution in [2.45, 2.75) is 0 Å². The first-order valence-electron chi connectivity index (χ1n) is 3.90. The van der Waals surface area contributed by atoms with E-state index >= 15 is 0 Å². The van der Waals surface area contributed by atoms with Gasteiger partial charge in [-0.3, -0.25) is 5.32 Å². The number of aliphatic imine (C=N–C) groups is 1. The Kier molecular flexibility index (Phi) is 5.22. The molecule has 0 radical (unpaired) electrons. The predicted octanol–water partition coefficient (Wildman–Crippen LogP) is 3.37. The zero-order valence-corrected chi connectivity index (χ0v) is 11.5. The molecule has 0 aromatic heterocycles. The minimum Gasteiger partial charge on any atom is -0.271 e. The Hall–Kier alpha value is -0.450. The summed E-state index contributed by atoms with van der Waals surface area (Å²) in [5.74, 6) is 0. The van der Waals surface area contributed by atoms with Crippen molar-refractivity contribution in [3.8, 4) is 6.19 Å². The van der Waals surface area contributed by atoms with Crippen LogP contribution in [0.3, 0.4) is 0 Å². The van der Waals surface area contributed by atoms with E-state index in [1.807, 2.05) is 24.6 Å². The highest BCUT2D eigenvalue weighted by atomic mass is 127. The third kappa shape index (κ3) is 3.89. The molecule has 0 aliphatic heterocycles. The first-order valence-corrected chi connectivity index (χ1v) is 6.58. The highest BCUT2D eigenvalue weighted by Crippen LogP contribution is 2.24. The van der Waals surface area contributed by atoms with Crippen molar-refractivity contribution in [2.75, 3.05) is 6.26 Å². The van der Waals surface area contributed by atoms with Crippen molar-refractivity contribution in [3.63, 3.8) is 0 Å². The minimum absolute atomic E-state index is 0.551. The number of thioether (sulfide) groups is 1. The molecule has 0 saturated heterocycles. The second kappa shape index (κ2) is 6.20. The lowest BCUT2D eigenvalue weighted by Crippen LogP contribution is -2.12. The quantitative estimate of drug-likeness (QED) is 0.277. The van der Waals surface area contributed by atoms with E-state index in [4.69, 9.17) is 16.9 Å². The van der Waals surface area contributed by atoms with Gasteiger partial charge in [-0.15, -0.1) is 0 Å². The maximum Gasteiger partial charge on any atom is 0.183 e. The monoisotopic (exact) mass is 351 g/mol. The van der Waals surface area contributed by atoms with Gasteiger partial charge in [0.15, 0.2) is 11.4 Å². The number of benzene rings is 1. The molecule has 78 valence electrons. The van der Waals surface area contributed by atoms with E-state index in [1.165, 1.54) is 11.8 Å². The fraction of sp³-hybridized carbons (Fsp3) is 0.111. The van der Waals surface area contributed by atoms with E-state index in [0.717, 1.165) is 9.26 Å². The Balaban J connectivity index is 2.97. The summed E-state index contributed by atoms with van der Waals surface area (Å²) in [5, 5.41) is 12.2. The van der Waals surface area contributed by atoms with Gasteiger partial charge >= 0.3 is 0 Å². The lowest BCUT2D eigenvalue weighted by Gasteiger charge is -2.01. The molecule has 0 aliphatic carbocycles. The van der Waals surface area contributed by atoms with Gasteiger partial charge in [-0.2, -0.15) is 5.26 Å². The van der Waals surface area contributed by atoms with Crippen LogP contribution in [0.25, 0.3) is 0 Å². The summed E-state index contributed by atoms with van der Waals surface area (Å²) in [4.78, 5) is 4.23. The van der Waals surface area contributed by atoms with Crippen molar-refractivity contribution in [1.82, 2.24) is 5.32 Å². The predicted molar refractivity (Wildman–Crippen MR) is 73.5 cm³/mol. The van der Waals surface area contributed by atoms with Crippen LogP contribution in [0.5, 0.6) is 0 Å². The Morgan fingerprint density at radius 3 is 2.93 bits per heavy atom. The van der Waals surface area contributed by atoms with Crippen molar-refractivity contribution >= 4 is 56.8 Å². The summed E-state index contributed by atoms with van der Waals surface area (Å²) in [6.45, 7) is 0. The molecule has 0 bridgehead atoms. The van der Waals surface area contributed by atoms with Gasteiger partial charge in [0.05, 0.1) is 10.7 Å². The number of hydrogen-bond donors (Lipinski definition) is 1. The molecule has 0 spiro atoms. The van der Waals surface area contributed by atoms with E-state index in [9.17, 15) is 0 Å². The molecule has 0 aliphatic rings.